The molecule has 0 aliphatic carbocycles. The third-order valence-electron chi connectivity index (χ3n) is 3.50. The Labute approximate surface area is 112 Å². The van der Waals surface area contributed by atoms with Crippen molar-refractivity contribution in [3.63, 3.8) is 0 Å². The predicted octanol–water partition coefficient (Wildman–Crippen LogP) is 3.14. The van der Waals surface area contributed by atoms with Gasteiger partial charge in [-0.15, -0.1) is 0 Å². The van der Waals surface area contributed by atoms with Crippen molar-refractivity contribution in [1.82, 2.24) is 0 Å². The Hall–Kier alpha value is -1.87. The van der Waals surface area contributed by atoms with Crippen LogP contribution in [0.25, 0.3) is 10.8 Å². The van der Waals surface area contributed by atoms with Crippen LogP contribution in [0.15, 0.2) is 41.4 Å². The van der Waals surface area contributed by atoms with Crippen molar-refractivity contribution >= 4 is 17.0 Å². The highest BCUT2D eigenvalue weighted by molar-refractivity contribution is 6.02. The normalized spacial score (nSPS) is 19.5. The molecule has 2 aromatic carbocycles. The highest BCUT2D eigenvalue weighted by Gasteiger charge is 2.14. The summed E-state index contributed by atoms with van der Waals surface area (Å²) >= 11 is 0. The van der Waals surface area contributed by atoms with Gasteiger partial charge >= 0.3 is 0 Å². The predicted molar refractivity (Wildman–Crippen MR) is 77.0 cm³/mol. The number of aromatic hydroxyl groups is 1. The lowest BCUT2D eigenvalue weighted by atomic mass is 10.0. The van der Waals surface area contributed by atoms with Crippen LogP contribution < -0.4 is 0 Å². The molecule has 3 rings (SSSR count). The van der Waals surface area contributed by atoms with Gasteiger partial charge in [-0.1, -0.05) is 30.3 Å². The van der Waals surface area contributed by atoms with Crippen LogP contribution in [0.1, 0.15) is 18.4 Å². The largest absolute Gasteiger partial charge is 0.507 e. The Morgan fingerprint density at radius 3 is 3.00 bits per heavy atom. The van der Waals surface area contributed by atoms with E-state index < -0.39 is 0 Å². The first-order valence-corrected chi connectivity index (χ1v) is 6.67. The average Bonchev–Trinajstić information content (AvgIpc) is 2.94. The van der Waals surface area contributed by atoms with Crippen molar-refractivity contribution in [2.45, 2.75) is 18.9 Å². The van der Waals surface area contributed by atoms with Crippen LogP contribution in [-0.4, -0.2) is 30.6 Å². The van der Waals surface area contributed by atoms with Crippen LogP contribution in [0.5, 0.6) is 5.75 Å². The molecule has 1 heterocycles. The van der Waals surface area contributed by atoms with E-state index >= 15 is 0 Å². The number of hydrogen-bond donors (Lipinski definition) is 1. The maximum absolute atomic E-state index is 9.98. The molecule has 1 atom stereocenters. The maximum atomic E-state index is 9.98. The zero-order valence-corrected chi connectivity index (χ0v) is 10.7. The van der Waals surface area contributed by atoms with Crippen LogP contribution in [0.3, 0.4) is 0 Å². The third-order valence-corrected chi connectivity index (χ3v) is 3.50. The molecule has 0 spiro atoms. The molecular weight excluding hydrogens is 238 g/mol. The Bertz CT molecular complexity index is 601. The average molecular weight is 255 g/mol. The molecule has 0 radical (unpaired) electrons. The van der Waals surface area contributed by atoms with Crippen molar-refractivity contribution in [1.29, 1.82) is 0 Å². The van der Waals surface area contributed by atoms with E-state index in [1.165, 1.54) is 0 Å². The molecule has 1 fully saturated rings. The van der Waals surface area contributed by atoms with E-state index in [1.807, 2.05) is 30.3 Å². The lowest BCUT2D eigenvalue weighted by Crippen LogP contribution is -2.08. The molecule has 19 heavy (non-hydrogen) atoms. The van der Waals surface area contributed by atoms with E-state index in [2.05, 4.69) is 4.99 Å². The molecular formula is C16H17NO2. The summed E-state index contributed by atoms with van der Waals surface area (Å²) in [7, 11) is 0. The second kappa shape index (κ2) is 5.41. The standard InChI is InChI=1S/C16H17NO2/c18-16-8-7-12-4-1-2-6-14(12)15(16)11-17-10-13-5-3-9-19-13/h1-2,4,6-8,11,13,18H,3,5,9-10H2/b17-11+. The summed E-state index contributed by atoms with van der Waals surface area (Å²) in [5.74, 6) is 0.273. The van der Waals surface area contributed by atoms with Crippen LogP contribution >= 0.6 is 0 Å². The fourth-order valence-electron chi connectivity index (χ4n) is 2.47. The van der Waals surface area contributed by atoms with Crippen molar-refractivity contribution in [2.75, 3.05) is 13.2 Å². The summed E-state index contributed by atoms with van der Waals surface area (Å²) in [6, 6.07) is 11.6. The van der Waals surface area contributed by atoms with E-state index in [-0.39, 0.29) is 11.9 Å². The Kier molecular flexibility index (Phi) is 3.47. The zero-order valence-electron chi connectivity index (χ0n) is 10.7. The van der Waals surface area contributed by atoms with Gasteiger partial charge < -0.3 is 9.84 Å². The fourth-order valence-corrected chi connectivity index (χ4v) is 2.47. The van der Waals surface area contributed by atoms with Crippen molar-refractivity contribution < 1.29 is 9.84 Å². The van der Waals surface area contributed by atoms with Crippen LogP contribution in [0.4, 0.5) is 0 Å². The number of aliphatic imine (C=N–C) groups is 1. The molecule has 0 aromatic heterocycles. The van der Waals surface area contributed by atoms with Gasteiger partial charge in [0.25, 0.3) is 0 Å². The number of ether oxygens (including phenoxy) is 1. The minimum absolute atomic E-state index is 0.244. The summed E-state index contributed by atoms with van der Waals surface area (Å²) in [6.45, 7) is 1.52. The fraction of sp³-hybridized carbons (Fsp3) is 0.312. The minimum atomic E-state index is 0.244. The van der Waals surface area contributed by atoms with Gasteiger partial charge in [0.2, 0.25) is 0 Å². The van der Waals surface area contributed by atoms with E-state index in [9.17, 15) is 5.11 Å². The third kappa shape index (κ3) is 2.61. The first-order chi connectivity index (χ1) is 9.34. The highest BCUT2D eigenvalue weighted by atomic mass is 16.5. The molecule has 1 aliphatic rings. The van der Waals surface area contributed by atoms with Gasteiger partial charge in [0.05, 0.1) is 12.6 Å². The van der Waals surface area contributed by atoms with E-state index in [1.54, 1.807) is 12.3 Å². The van der Waals surface area contributed by atoms with E-state index in [4.69, 9.17) is 4.74 Å². The summed E-state index contributed by atoms with van der Waals surface area (Å²) < 4.78 is 5.53. The van der Waals surface area contributed by atoms with Gasteiger partial charge in [-0.2, -0.15) is 0 Å². The monoisotopic (exact) mass is 255 g/mol. The number of hydrogen-bond acceptors (Lipinski definition) is 3. The second-order valence-electron chi connectivity index (χ2n) is 4.85. The van der Waals surface area contributed by atoms with Gasteiger partial charge in [-0.3, -0.25) is 4.99 Å². The van der Waals surface area contributed by atoms with Gasteiger partial charge in [0, 0.05) is 18.4 Å². The number of benzene rings is 2. The Balaban J connectivity index is 1.86. The van der Waals surface area contributed by atoms with Gasteiger partial charge in [-0.25, -0.2) is 0 Å². The molecule has 1 unspecified atom stereocenters. The lowest BCUT2D eigenvalue weighted by Gasteiger charge is -2.06. The lowest BCUT2D eigenvalue weighted by molar-refractivity contribution is 0.118. The summed E-state index contributed by atoms with van der Waals surface area (Å²) in [5.41, 5.74) is 0.788. The second-order valence-corrected chi connectivity index (χ2v) is 4.85. The number of phenolic OH excluding ortho intramolecular Hbond substituents is 1. The number of nitrogens with zero attached hydrogens (tertiary/aromatic N) is 1. The number of phenols is 1. The smallest absolute Gasteiger partial charge is 0.124 e. The van der Waals surface area contributed by atoms with Crippen LogP contribution in [0, 0.1) is 0 Å². The molecule has 3 nitrogen and oxygen atoms in total. The molecule has 1 aliphatic heterocycles. The van der Waals surface area contributed by atoms with Gasteiger partial charge in [-0.05, 0) is 29.7 Å². The zero-order chi connectivity index (χ0) is 13.1. The summed E-state index contributed by atoms with van der Waals surface area (Å²) in [5, 5.41) is 12.1. The quantitative estimate of drug-likeness (QED) is 0.856. The molecule has 2 aromatic rings. The van der Waals surface area contributed by atoms with Crippen LogP contribution in [-0.2, 0) is 4.74 Å². The summed E-state index contributed by atoms with van der Waals surface area (Å²) in [6.07, 6.45) is 4.21. The number of rotatable bonds is 3. The van der Waals surface area contributed by atoms with Crippen LogP contribution in [0.2, 0.25) is 0 Å². The van der Waals surface area contributed by atoms with Crippen molar-refractivity contribution in [3.8, 4) is 5.75 Å². The number of fused-ring (bicyclic) bond motifs is 1. The first kappa shape index (κ1) is 12.2. The first-order valence-electron chi connectivity index (χ1n) is 6.67. The van der Waals surface area contributed by atoms with Crippen molar-refractivity contribution in [2.24, 2.45) is 4.99 Å². The van der Waals surface area contributed by atoms with Gasteiger partial charge in [0.15, 0.2) is 0 Å². The molecule has 3 heteroatoms. The molecule has 0 amide bonds. The van der Waals surface area contributed by atoms with Gasteiger partial charge in [0.1, 0.15) is 5.75 Å². The Morgan fingerprint density at radius 2 is 2.16 bits per heavy atom. The SMILES string of the molecule is Oc1ccc2ccccc2c1/C=N/CC1CCCO1. The molecule has 1 N–H and O–H groups in total. The van der Waals surface area contributed by atoms with Crippen molar-refractivity contribution in [3.05, 3.63) is 42.0 Å². The van der Waals surface area contributed by atoms with E-state index in [0.29, 0.717) is 6.54 Å². The molecule has 0 saturated carbocycles. The molecule has 1 saturated heterocycles. The highest BCUT2D eigenvalue weighted by Crippen LogP contribution is 2.25. The summed E-state index contributed by atoms with van der Waals surface area (Å²) in [4.78, 5) is 4.42. The molecule has 0 bridgehead atoms. The maximum Gasteiger partial charge on any atom is 0.124 e. The topological polar surface area (TPSA) is 41.8 Å². The minimum Gasteiger partial charge on any atom is -0.507 e. The molecule has 98 valence electrons. The Morgan fingerprint density at radius 1 is 1.26 bits per heavy atom. The van der Waals surface area contributed by atoms with E-state index in [0.717, 1.165) is 35.8 Å².